The Morgan fingerprint density at radius 1 is 1.47 bits per heavy atom. The van der Waals surface area contributed by atoms with Crippen molar-refractivity contribution < 1.29 is 0 Å². The largest absolute Gasteiger partial charge is 0.353 e. The van der Waals surface area contributed by atoms with E-state index in [0.29, 0.717) is 5.92 Å². The van der Waals surface area contributed by atoms with Crippen molar-refractivity contribution in [3.63, 3.8) is 0 Å². The van der Waals surface area contributed by atoms with Gasteiger partial charge in [-0.25, -0.2) is 4.98 Å². The van der Waals surface area contributed by atoms with E-state index in [1.165, 1.54) is 12.8 Å². The summed E-state index contributed by atoms with van der Waals surface area (Å²) in [5.41, 5.74) is 0. The molecule has 0 N–H and O–H groups in total. The number of halogens is 1. The molecule has 0 atom stereocenters. The molecule has 0 saturated heterocycles. The normalized spacial score (nSPS) is 15.7. The molecule has 0 aromatic carbocycles. The Morgan fingerprint density at radius 2 is 2.20 bits per heavy atom. The van der Waals surface area contributed by atoms with Crippen LogP contribution in [0.3, 0.4) is 0 Å². The molecule has 1 aliphatic carbocycles. The van der Waals surface area contributed by atoms with Gasteiger partial charge in [0.25, 0.3) is 0 Å². The predicted molar refractivity (Wildman–Crippen MR) is 67.1 cm³/mol. The lowest BCUT2D eigenvalue weighted by atomic mass is 10.2. The molecule has 0 amide bonds. The van der Waals surface area contributed by atoms with Gasteiger partial charge in [-0.3, -0.25) is 0 Å². The SMILES string of the molecule is CC(C)CN(c1cccc(Br)n1)C1CC1. The van der Waals surface area contributed by atoms with Gasteiger partial charge >= 0.3 is 0 Å². The monoisotopic (exact) mass is 268 g/mol. The zero-order chi connectivity index (χ0) is 10.8. The van der Waals surface area contributed by atoms with Crippen molar-refractivity contribution in [2.75, 3.05) is 11.4 Å². The highest BCUT2D eigenvalue weighted by Crippen LogP contribution is 2.31. The van der Waals surface area contributed by atoms with Gasteiger partial charge < -0.3 is 4.90 Å². The van der Waals surface area contributed by atoms with E-state index in [-0.39, 0.29) is 0 Å². The minimum Gasteiger partial charge on any atom is -0.353 e. The zero-order valence-corrected chi connectivity index (χ0v) is 10.9. The Balaban J connectivity index is 2.16. The molecule has 0 radical (unpaired) electrons. The quantitative estimate of drug-likeness (QED) is 0.778. The van der Waals surface area contributed by atoms with Crippen molar-refractivity contribution in [3.05, 3.63) is 22.8 Å². The second-order valence-electron chi connectivity index (χ2n) is 4.60. The van der Waals surface area contributed by atoms with Gasteiger partial charge in [-0.05, 0) is 46.8 Å². The fourth-order valence-corrected chi connectivity index (χ4v) is 2.10. The van der Waals surface area contributed by atoms with Crippen molar-refractivity contribution in [1.29, 1.82) is 0 Å². The van der Waals surface area contributed by atoms with Crippen LogP contribution < -0.4 is 4.90 Å². The van der Waals surface area contributed by atoms with Crippen molar-refractivity contribution in [2.24, 2.45) is 5.92 Å². The van der Waals surface area contributed by atoms with E-state index in [1.54, 1.807) is 0 Å². The molecule has 82 valence electrons. The maximum Gasteiger partial charge on any atom is 0.130 e. The molecular formula is C12H17BrN2. The summed E-state index contributed by atoms with van der Waals surface area (Å²) in [5, 5.41) is 0. The first-order valence-corrected chi connectivity index (χ1v) is 6.35. The van der Waals surface area contributed by atoms with Crippen molar-refractivity contribution >= 4 is 21.7 Å². The molecule has 1 fully saturated rings. The minimum atomic E-state index is 0.686. The molecule has 1 heterocycles. The molecular weight excluding hydrogens is 252 g/mol. The number of anilines is 1. The number of aromatic nitrogens is 1. The van der Waals surface area contributed by atoms with Crippen LogP contribution in [-0.2, 0) is 0 Å². The highest BCUT2D eigenvalue weighted by atomic mass is 79.9. The third kappa shape index (κ3) is 2.94. The van der Waals surface area contributed by atoms with Gasteiger partial charge in [-0.2, -0.15) is 0 Å². The first kappa shape index (κ1) is 10.9. The summed E-state index contributed by atoms with van der Waals surface area (Å²) < 4.78 is 0.925. The van der Waals surface area contributed by atoms with Gasteiger partial charge in [-0.15, -0.1) is 0 Å². The topological polar surface area (TPSA) is 16.1 Å². The number of rotatable bonds is 4. The van der Waals surface area contributed by atoms with Crippen LogP contribution in [0.5, 0.6) is 0 Å². The summed E-state index contributed by atoms with van der Waals surface area (Å²) >= 11 is 3.43. The molecule has 1 aromatic rings. The Kier molecular flexibility index (Phi) is 3.29. The Bertz CT molecular complexity index is 334. The van der Waals surface area contributed by atoms with E-state index in [0.717, 1.165) is 23.0 Å². The van der Waals surface area contributed by atoms with Crippen LogP contribution in [-0.4, -0.2) is 17.6 Å². The molecule has 2 nitrogen and oxygen atoms in total. The van der Waals surface area contributed by atoms with Crippen molar-refractivity contribution in [2.45, 2.75) is 32.7 Å². The lowest BCUT2D eigenvalue weighted by molar-refractivity contribution is 0.602. The minimum absolute atomic E-state index is 0.686. The van der Waals surface area contributed by atoms with Gasteiger partial charge in [0.05, 0.1) is 0 Å². The highest BCUT2D eigenvalue weighted by Gasteiger charge is 2.30. The Labute approximate surface area is 99.8 Å². The van der Waals surface area contributed by atoms with Crippen LogP contribution in [0.15, 0.2) is 22.8 Å². The predicted octanol–water partition coefficient (Wildman–Crippen LogP) is 3.47. The lowest BCUT2D eigenvalue weighted by Gasteiger charge is -2.25. The average Bonchev–Trinajstić information content (AvgIpc) is 2.97. The molecule has 3 heteroatoms. The first-order valence-electron chi connectivity index (χ1n) is 5.56. The molecule has 0 bridgehead atoms. The Hall–Kier alpha value is -0.570. The Morgan fingerprint density at radius 3 is 2.73 bits per heavy atom. The van der Waals surface area contributed by atoms with E-state index in [1.807, 2.05) is 6.07 Å². The molecule has 0 spiro atoms. The van der Waals surface area contributed by atoms with Crippen LogP contribution in [0.25, 0.3) is 0 Å². The van der Waals surface area contributed by atoms with Crippen molar-refractivity contribution in [1.82, 2.24) is 4.98 Å². The third-order valence-corrected chi connectivity index (χ3v) is 2.99. The number of hydrogen-bond donors (Lipinski definition) is 0. The van der Waals surface area contributed by atoms with Gasteiger partial charge in [0.15, 0.2) is 0 Å². The second-order valence-corrected chi connectivity index (χ2v) is 5.41. The van der Waals surface area contributed by atoms with E-state index in [9.17, 15) is 0 Å². The van der Waals surface area contributed by atoms with Crippen LogP contribution in [0.4, 0.5) is 5.82 Å². The van der Waals surface area contributed by atoms with Gasteiger partial charge in [0.1, 0.15) is 10.4 Å². The fourth-order valence-electron chi connectivity index (χ4n) is 1.77. The molecule has 1 aliphatic rings. The third-order valence-electron chi connectivity index (χ3n) is 2.54. The standard InChI is InChI=1S/C12H17BrN2/c1-9(2)8-15(10-6-7-10)12-5-3-4-11(13)14-12/h3-5,9-10H,6-8H2,1-2H3. The van der Waals surface area contributed by atoms with Crippen LogP contribution >= 0.6 is 15.9 Å². The molecule has 0 aliphatic heterocycles. The number of nitrogens with zero attached hydrogens (tertiary/aromatic N) is 2. The first-order chi connectivity index (χ1) is 7.16. The highest BCUT2D eigenvalue weighted by molar-refractivity contribution is 9.10. The van der Waals surface area contributed by atoms with Crippen LogP contribution in [0.1, 0.15) is 26.7 Å². The van der Waals surface area contributed by atoms with Crippen LogP contribution in [0.2, 0.25) is 0 Å². The maximum absolute atomic E-state index is 4.53. The summed E-state index contributed by atoms with van der Waals surface area (Å²) in [6, 6.07) is 6.87. The van der Waals surface area contributed by atoms with Gasteiger partial charge in [0.2, 0.25) is 0 Å². The summed E-state index contributed by atoms with van der Waals surface area (Å²) in [6.07, 6.45) is 2.64. The molecule has 0 unspecified atom stereocenters. The van der Waals surface area contributed by atoms with Gasteiger partial charge in [0, 0.05) is 12.6 Å². The molecule has 1 saturated carbocycles. The maximum atomic E-state index is 4.53. The summed E-state index contributed by atoms with van der Waals surface area (Å²) in [6.45, 7) is 5.62. The van der Waals surface area contributed by atoms with E-state index in [4.69, 9.17) is 0 Å². The molecule has 1 aromatic heterocycles. The van der Waals surface area contributed by atoms with E-state index < -0.39 is 0 Å². The smallest absolute Gasteiger partial charge is 0.130 e. The number of hydrogen-bond acceptors (Lipinski definition) is 2. The van der Waals surface area contributed by atoms with Crippen molar-refractivity contribution in [3.8, 4) is 0 Å². The lowest BCUT2D eigenvalue weighted by Crippen LogP contribution is -2.30. The summed E-state index contributed by atoms with van der Waals surface area (Å²) in [7, 11) is 0. The molecule has 2 rings (SSSR count). The van der Waals surface area contributed by atoms with Crippen LogP contribution in [0, 0.1) is 5.92 Å². The zero-order valence-electron chi connectivity index (χ0n) is 9.28. The summed E-state index contributed by atoms with van der Waals surface area (Å²) in [4.78, 5) is 6.97. The average molecular weight is 269 g/mol. The number of pyridine rings is 1. The summed E-state index contributed by atoms with van der Waals surface area (Å²) in [5.74, 6) is 1.80. The second kappa shape index (κ2) is 4.52. The fraction of sp³-hybridized carbons (Fsp3) is 0.583. The van der Waals surface area contributed by atoms with Gasteiger partial charge in [-0.1, -0.05) is 19.9 Å². The molecule has 15 heavy (non-hydrogen) atoms. The van der Waals surface area contributed by atoms with E-state index >= 15 is 0 Å². The van der Waals surface area contributed by atoms with E-state index in [2.05, 4.69) is 51.8 Å².